The monoisotopic (exact) mass is 1970 g/mol. The predicted molar refractivity (Wildman–Crippen MR) is 492 cm³/mol. The number of nitrogens with one attached hydrogen (secondary N) is 10. The zero-order valence-electron chi connectivity index (χ0n) is 80.2. The number of carboxylic acids is 4. The molecule has 0 radical (unpaired) electrons. The molecular formula is C87H148N12O36S. The van der Waals surface area contributed by atoms with Crippen molar-refractivity contribution in [1.29, 1.82) is 0 Å². The summed E-state index contributed by atoms with van der Waals surface area (Å²) in [5.41, 5.74) is 3.28. The number of Topliss-reactive ketones (excluding diaryl/α,β-unsaturated/α-hetero) is 5. The van der Waals surface area contributed by atoms with Gasteiger partial charge >= 0.3 is 23.9 Å². The number of ether oxygens (including phenoxy) is 14. The summed E-state index contributed by atoms with van der Waals surface area (Å²) in [6.45, 7) is 18.1. The third-order valence-electron chi connectivity index (χ3n) is 16.9. The SMILES string of the molecule is CC(=O)COCCOCCNC(=O)COCCOCCNC(=O)c1ccc(CN(C)CCC(=O)O)cc1.CC(=O)c1ccc(CN(C)CCC(=O)O)cc1.CNC(CCC(=O)NCCOCCOCC(=O)NCCOCCOCC(C)=O)C(=O)O.CNC(CCC(=O)NCCOCCOCC(C)=O)C(=O)O.CNS(=O)(=O)CCC(=O)NCCOCCOCC(=O)NCCOCCOCC(C)=O. The van der Waals surface area contributed by atoms with E-state index in [0.29, 0.717) is 162 Å². The average Bonchev–Trinajstić information content (AvgIpc) is 0.860. The normalized spacial score (nSPS) is 11.3. The zero-order chi connectivity index (χ0) is 102. The summed E-state index contributed by atoms with van der Waals surface area (Å²) in [4.78, 5) is 182. The molecule has 0 saturated heterocycles. The van der Waals surface area contributed by atoms with E-state index in [0.717, 1.165) is 11.1 Å². The molecule has 0 aromatic heterocycles. The Morgan fingerprint density at radius 3 is 0.794 bits per heavy atom. The quantitative estimate of drug-likeness (QED) is 0.0235. The van der Waals surface area contributed by atoms with Gasteiger partial charge in [0.15, 0.2) is 28.9 Å². The number of rotatable bonds is 82. The van der Waals surface area contributed by atoms with Gasteiger partial charge in [0.05, 0.1) is 157 Å². The highest BCUT2D eigenvalue weighted by atomic mass is 32.2. The Morgan fingerprint density at radius 1 is 0.309 bits per heavy atom. The van der Waals surface area contributed by atoms with Gasteiger partial charge in [0.1, 0.15) is 58.3 Å². The second-order valence-electron chi connectivity index (χ2n) is 29.2. The summed E-state index contributed by atoms with van der Waals surface area (Å²) in [6.07, 6.45) is 0.781. The fourth-order valence-corrected chi connectivity index (χ4v) is 10.5. The molecule has 0 fully saturated rings. The summed E-state index contributed by atoms with van der Waals surface area (Å²) >= 11 is 0. The Morgan fingerprint density at radius 2 is 0.551 bits per heavy atom. The second kappa shape index (κ2) is 89.1. The molecule has 0 heterocycles. The van der Waals surface area contributed by atoms with Crippen molar-refractivity contribution in [2.24, 2.45) is 0 Å². The number of ketones is 5. The van der Waals surface area contributed by atoms with Gasteiger partial charge in [-0.3, -0.25) is 76.7 Å². The molecule has 2 unspecified atom stereocenters. The largest absolute Gasteiger partial charge is 0.481 e. The van der Waals surface area contributed by atoms with Crippen molar-refractivity contribution >= 4 is 104 Å². The number of sulfonamides is 1. The zero-order valence-corrected chi connectivity index (χ0v) is 81.0. The van der Waals surface area contributed by atoms with E-state index in [9.17, 15) is 85.1 Å². The third-order valence-corrected chi connectivity index (χ3v) is 18.3. The van der Waals surface area contributed by atoms with Crippen LogP contribution in [0.5, 0.6) is 0 Å². The highest BCUT2D eigenvalue weighted by Crippen LogP contribution is 2.10. The number of hydrogen-bond donors (Lipinski definition) is 14. The maximum absolute atomic E-state index is 12.2. The first-order valence-electron chi connectivity index (χ1n) is 44.0. The Balaban J connectivity index is -0.00000166. The van der Waals surface area contributed by atoms with Crippen LogP contribution in [0.1, 0.15) is 111 Å². The van der Waals surface area contributed by atoms with Crippen LogP contribution in [-0.2, 0) is 157 Å². The second-order valence-corrected chi connectivity index (χ2v) is 31.3. The summed E-state index contributed by atoms with van der Waals surface area (Å²) in [5.74, 6) is -5.84. The lowest BCUT2D eigenvalue weighted by atomic mass is 10.1. The summed E-state index contributed by atoms with van der Waals surface area (Å²) in [5, 5.41) is 58.7. The van der Waals surface area contributed by atoms with Gasteiger partial charge in [-0.2, -0.15) is 0 Å². The molecular weight excluding hydrogens is 1820 g/mol. The molecule has 49 heteroatoms. The number of aliphatic carboxylic acids is 4. The number of nitrogens with zero attached hydrogens (tertiary/aromatic N) is 2. The molecule has 136 heavy (non-hydrogen) atoms. The number of benzene rings is 2. The lowest BCUT2D eigenvalue weighted by Gasteiger charge is -2.15. The minimum absolute atomic E-state index is 0.0384. The molecule has 48 nitrogen and oxygen atoms in total. The van der Waals surface area contributed by atoms with Crippen molar-refractivity contribution in [3.63, 3.8) is 0 Å². The van der Waals surface area contributed by atoms with Crippen molar-refractivity contribution in [3.8, 4) is 0 Å². The van der Waals surface area contributed by atoms with Crippen molar-refractivity contribution in [2.45, 2.75) is 105 Å². The van der Waals surface area contributed by atoms with Crippen molar-refractivity contribution in [3.05, 3.63) is 70.8 Å². The first-order chi connectivity index (χ1) is 64.9. The van der Waals surface area contributed by atoms with E-state index in [-0.39, 0.29) is 227 Å². The van der Waals surface area contributed by atoms with Crippen LogP contribution in [0, 0.1) is 0 Å². The molecule has 0 aliphatic rings. The molecule has 2 rings (SSSR count). The van der Waals surface area contributed by atoms with Crippen LogP contribution >= 0.6 is 0 Å². The van der Waals surface area contributed by atoms with Crippen LogP contribution in [0.15, 0.2) is 48.5 Å². The molecule has 0 spiro atoms. The van der Waals surface area contributed by atoms with E-state index in [1.165, 1.54) is 48.7 Å². The molecule has 2 aromatic carbocycles. The first kappa shape index (κ1) is 130. The first-order valence-corrected chi connectivity index (χ1v) is 45.7. The van der Waals surface area contributed by atoms with E-state index >= 15 is 0 Å². The van der Waals surface area contributed by atoms with Crippen LogP contribution in [0.2, 0.25) is 0 Å². The summed E-state index contributed by atoms with van der Waals surface area (Å²) in [7, 11) is 4.69. The maximum atomic E-state index is 12.2. The summed E-state index contributed by atoms with van der Waals surface area (Å²) in [6, 6.07) is 13.1. The Hall–Kier alpha value is -9.85. The standard InChI is InChI=1S/C25H39N3O9.C19H35N3O9.C17H33N3O9S.C13H24N2O6.C13H17NO3/c1-20(29)18-36-15-13-34-11-8-26-23(30)19-37-16-14-35-12-9-27-25(33)22-5-3-21(4-6-22)17-28(2)10-7-24(31)32;1-15(23)13-30-11-9-29-8-6-22-18(25)14-31-12-10-28-7-5-21-17(24)4-3-16(20-2)19(26)27;1-15(21)13-28-10-8-27-7-5-20-17(23)14-29-11-9-26-6-4-19-16(22)3-12-30(24,25)18-2;1-10(16)9-21-8-7-20-6-5-15-12(17)4-3-11(14-2)13(18)19;1-10(15)12-5-3-11(4-6-12)9-14(2)8-7-13(16)17/h3-6H,7-19H2,1-2H3,(H,26,30)(H,27,33)(H,31,32);16,20H,3-14H2,1-2H3,(H,21,24)(H,22,25)(H,26,27);18H,3-14H2,1-2H3,(H,19,22)(H,20,23);11,14H,3-9H2,1-2H3,(H,15,17)(H,18,19);3-6H,7-9H2,1-2H3,(H,16,17). The average molecular weight is 1970 g/mol. The maximum Gasteiger partial charge on any atom is 0.320 e. The van der Waals surface area contributed by atoms with Gasteiger partial charge in [-0.25, -0.2) is 13.1 Å². The molecule has 2 atom stereocenters. The molecule has 14 N–H and O–H groups in total. The highest BCUT2D eigenvalue weighted by molar-refractivity contribution is 7.89. The van der Waals surface area contributed by atoms with Gasteiger partial charge in [0, 0.05) is 102 Å². The van der Waals surface area contributed by atoms with E-state index in [1.807, 2.05) is 48.2 Å². The van der Waals surface area contributed by atoms with Gasteiger partial charge < -0.3 is 144 Å². The van der Waals surface area contributed by atoms with Crippen molar-refractivity contribution in [2.75, 3.05) is 285 Å². The van der Waals surface area contributed by atoms with Gasteiger partial charge in [-0.1, -0.05) is 36.4 Å². The number of carboxylic acid groups (broad SMARTS) is 4. The van der Waals surface area contributed by atoms with E-state index in [2.05, 4.69) is 52.6 Å². The number of amides is 7. The Labute approximate surface area is 795 Å². The molecule has 778 valence electrons. The van der Waals surface area contributed by atoms with Gasteiger partial charge in [0.2, 0.25) is 45.5 Å². The minimum atomic E-state index is -3.40. The minimum Gasteiger partial charge on any atom is -0.481 e. The molecule has 7 amide bonds. The van der Waals surface area contributed by atoms with Crippen LogP contribution in [0.3, 0.4) is 0 Å². The van der Waals surface area contributed by atoms with Crippen LogP contribution in [0.4, 0.5) is 0 Å². The molecule has 2 aromatic rings. The summed E-state index contributed by atoms with van der Waals surface area (Å²) < 4.78 is 97.0. The highest BCUT2D eigenvalue weighted by Gasteiger charge is 2.19. The third kappa shape index (κ3) is 90.6. The smallest absolute Gasteiger partial charge is 0.320 e. The molecule has 0 aliphatic carbocycles. The lowest BCUT2D eigenvalue weighted by Crippen LogP contribution is -2.36. The number of hydrogen-bond acceptors (Lipinski definition) is 36. The fraction of sp³-hybridized carbons (Fsp3) is 0.678. The topological polar surface area (TPSA) is 644 Å². The van der Waals surface area contributed by atoms with E-state index < -0.39 is 46.0 Å². The number of carbonyl (C=O) groups is 16. The lowest BCUT2D eigenvalue weighted by molar-refractivity contribution is -0.140. The Bertz CT molecular complexity index is 3770. The Kier molecular flexibility index (Phi) is 85.3. The van der Waals surface area contributed by atoms with Gasteiger partial charge in [-0.05, 0) is 106 Å². The van der Waals surface area contributed by atoms with Crippen LogP contribution < -0.4 is 52.6 Å². The molecule has 0 bridgehead atoms. The fourth-order valence-electron chi connectivity index (χ4n) is 9.85. The number of carbonyl (C=O) groups excluding carboxylic acids is 12. The predicted octanol–water partition coefficient (Wildman–Crippen LogP) is -2.79. The molecule has 0 saturated carbocycles. The van der Waals surface area contributed by atoms with Gasteiger partial charge in [-0.15, -0.1) is 0 Å². The van der Waals surface area contributed by atoms with Gasteiger partial charge in [0.25, 0.3) is 5.91 Å². The van der Waals surface area contributed by atoms with E-state index in [4.69, 9.17) is 86.7 Å². The van der Waals surface area contributed by atoms with Crippen LogP contribution in [0.25, 0.3) is 0 Å². The number of likely N-dealkylation sites (N-methyl/N-ethyl adjacent to an activating group) is 2. The molecule has 0 aliphatic heterocycles. The van der Waals surface area contributed by atoms with Crippen LogP contribution in [-0.4, -0.2) is 430 Å². The van der Waals surface area contributed by atoms with Crippen molar-refractivity contribution < 1.29 is 172 Å². The van der Waals surface area contributed by atoms with E-state index in [1.54, 1.807) is 31.3 Å². The van der Waals surface area contributed by atoms with Crippen molar-refractivity contribution in [1.82, 2.24) is 62.4 Å².